The SMILES string of the molecule is C[C@H](OC(=O)c1ccc(N2C(=O)c3ccccc3C2=O)cc1)C(=O)N(C)C. The first kappa shape index (κ1) is 18.3. The Kier molecular flexibility index (Phi) is 4.77. The second kappa shape index (κ2) is 7.03. The minimum Gasteiger partial charge on any atom is -0.449 e. The van der Waals surface area contributed by atoms with Gasteiger partial charge in [0.1, 0.15) is 0 Å². The second-order valence-corrected chi connectivity index (χ2v) is 6.32. The van der Waals surface area contributed by atoms with Crippen molar-refractivity contribution in [3.63, 3.8) is 0 Å². The molecular formula is C20H18N2O5. The Morgan fingerprint density at radius 2 is 1.44 bits per heavy atom. The molecule has 0 aliphatic carbocycles. The van der Waals surface area contributed by atoms with Gasteiger partial charge in [-0.3, -0.25) is 14.4 Å². The fraction of sp³-hybridized carbons (Fsp3) is 0.200. The van der Waals surface area contributed by atoms with E-state index in [0.29, 0.717) is 16.8 Å². The molecule has 0 saturated carbocycles. The number of hydrogen-bond acceptors (Lipinski definition) is 5. The summed E-state index contributed by atoms with van der Waals surface area (Å²) in [6.07, 6.45) is -0.914. The fourth-order valence-corrected chi connectivity index (χ4v) is 2.81. The Morgan fingerprint density at radius 3 is 1.93 bits per heavy atom. The van der Waals surface area contributed by atoms with Gasteiger partial charge in [0.25, 0.3) is 17.7 Å². The van der Waals surface area contributed by atoms with E-state index in [9.17, 15) is 19.2 Å². The maximum absolute atomic E-state index is 12.5. The van der Waals surface area contributed by atoms with Crippen molar-refractivity contribution >= 4 is 29.4 Å². The van der Waals surface area contributed by atoms with E-state index in [1.807, 2.05) is 0 Å². The van der Waals surface area contributed by atoms with Gasteiger partial charge in [0.2, 0.25) is 0 Å². The normalized spacial score (nSPS) is 14.0. The number of benzene rings is 2. The molecule has 2 aromatic rings. The number of rotatable bonds is 4. The number of esters is 1. The summed E-state index contributed by atoms with van der Waals surface area (Å²) < 4.78 is 5.14. The first-order valence-corrected chi connectivity index (χ1v) is 8.31. The standard InChI is InChI=1S/C20H18N2O5/c1-12(17(23)21(2)3)27-20(26)13-8-10-14(11-9-13)22-18(24)15-6-4-5-7-16(15)19(22)25/h4-12H,1-3H3/t12-/m0/s1. The molecule has 138 valence electrons. The molecular weight excluding hydrogens is 348 g/mol. The van der Waals surface area contributed by atoms with Crippen LogP contribution in [0.15, 0.2) is 48.5 Å². The number of likely N-dealkylation sites (N-methyl/N-ethyl adjacent to an activating group) is 1. The molecule has 0 radical (unpaired) electrons. The number of ether oxygens (including phenoxy) is 1. The number of anilines is 1. The molecule has 1 aliphatic heterocycles. The lowest BCUT2D eigenvalue weighted by atomic mass is 10.1. The van der Waals surface area contributed by atoms with Crippen LogP contribution in [0, 0.1) is 0 Å². The van der Waals surface area contributed by atoms with Gasteiger partial charge in [-0.05, 0) is 43.3 Å². The number of fused-ring (bicyclic) bond motifs is 1. The molecule has 3 amide bonds. The van der Waals surface area contributed by atoms with E-state index in [-0.39, 0.29) is 11.5 Å². The molecule has 27 heavy (non-hydrogen) atoms. The van der Waals surface area contributed by atoms with Crippen LogP contribution in [0.3, 0.4) is 0 Å². The Hall–Kier alpha value is -3.48. The Bertz CT molecular complexity index is 899. The first-order chi connectivity index (χ1) is 12.8. The van der Waals surface area contributed by atoms with E-state index >= 15 is 0 Å². The van der Waals surface area contributed by atoms with Gasteiger partial charge in [-0.1, -0.05) is 12.1 Å². The summed E-state index contributed by atoms with van der Waals surface area (Å²) >= 11 is 0. The van der Waals surface area contributed by atoms with E-state index in [0.717, 1.165) is 4.90 Å². The summed E-state index contributed by atoms with van der Waals surface area (Å²) in [6, 6.07) is 12.5. The molecule has 1 aliphatic rings. The summed E-state index contributed by atoms with van der Waals surface area (Å²) in [5.74, 6) is -1.80. The van der Waals surface area contributed by atoms with Gasteiger partial charge >= 0.3 is 5.97 Å². The number of imide groups is 1. The van der Waals surface area contributed by atoms with E-state index in [1.165, 1.54) is 36.1 Å². The number of amides is 3. The number of hydrogen-bond donors (Lipinski definition) is 0. The van der Waals surface area contributed by atoms with Crippen LogP contribution in [0.1, 0.15) is 38.0 Å². The maximum atomic E-state index is 12.5. The third-order valence-corrected chi connectivity index (χ3v) is 4.23. The summed E-state index contributed by atoms with van der Waals surface area (Å²) in [7, 11) is 3.15. The smallest absolute Gasteiger partial charge is 0.338 e. The number of nitrogens with zero attached hydrogens (tertiary/aromatic N) is 2. The van der Waals surface area contributed by atoms with E-state index < -0.39 is 23.9 Å². The fourth-order valence-electron chi connectivity index (χ4n) is 2.81. The maximum Gasteiger partial charge on any atom is 0.338 e. The molecule has 2 aromatic carbocycles. The van der Waals surface area contributed by atoms with Crippen molar-refractivity contribution in [3.05, 3.63) is 65.2 Å². The molecule has 0 aromatic heterocycles. The molecule has 7 heteroatoms. The van der Waals surface area contributed by atoms with Crippen molar-refractivity contribution in [2.45, 2.75) is 13.0 Å². The van der Waals surface area contributed by atoms with Gasteiger partial charge < -0.3 is 9.64 Å². The molecule has 0 bridgehead atoms. The van der Waals surface area contributed by atoms with Crippen LogP contribution < -0.4 is 4.90 Å². The number of carbonyl (C=O) groups excluding carboxylic acids is 4. The van der Waals surface area contributed by atoms with Crippen LogP contribution in [0.5, 0.6) is 0 Å². The second-order valence-electron chi connectivity index (χ2n) is 6.32. The molecule has 1 atom stereocenters. The molecule has 3 rings (SSSR count). The molecule has 7 nitrogen and oxygen atoms in total. The highest BCUT2D eigenvalue weighted by Crippen LogP contribution is 2.28. The zero-order chi connectivity index (χ0) is 19.7. The van der Waals surface area contributed by atoms with Crippen LogP contribution in [0.4, 0.5) is 5.69 Å². The lowest BCUT2D eigenvalue weighted by Gasteiger charge is -2.17. The highest BCUT2D eigenvalue weighted by molar-refractivity contribution is 6.34. The van der Waals surface area contributed by atoms with Crippen molar-refractivity contribution in [1.29, 1.82) is 0 Å². The van der Waals surface area contributed by atoms with Crippen molar-refractivity contribution in [2.24, 2.45) is 0 Å². The molecule has 0 unspecified atom stereocenters. The zero-order valence-corrected chi connectivity index (χ0v) is 15.1. The zero-order valence-electron chi connectivity index (χ0n) is 15.1. The Labute approximate surface area is 156 Å². The van der Waals surface area contributed by atoms with E-state index in [4.69, 9.17) is 4.74 Å². The van der Waals surface area contributed by atoms with Gasteiger partial charge in [0.05, 0.1) is 22.4 Å². The van der Waals surface area contributed by atoms with Crippen molar-refractivity contribution in [1.82, 2.24) is 4.90 Å². The molecule has 0 saturated heterocycles. The van der Waals surface area contributed by atoms with Crippen molar-refractivity contribution < 1.29 is 23.9 Å². The van der Waals surface area contributed by atoms with Crippen LogP contribution in [-0.2, 0) is 9.53 Å². The lowest BCUT2D eigenvalue weighted by Crippen LogP contribution is -2.34. The first-order valence-electron chi connectivity index (χ1n) is 8.31. The van der Waals surface area contributed by atoms with Gasteiger partial charge in [0, 0.05) is 14.1 Å². The quantitative estimate of drug-likeness (QED) is 0.611. The largest absolute Gasteiger partial charge is 0.449 e. The summed E-state index contributed by atoms with van der Waals surface area (Å²) in [5.41, 5.74) is 1.27. The third kappa shape index (κ3) is 3.31. The van der Waals surface area contributed by atoms with Gasteiger partial charge in [-0.25, -0.2) is 9.69 Å². The molecule has 0 spiro atoms. The number of carbonyl (C=O) groups is 4. The van der Waals surface area contributed by atoms with Crippen LogP contribution in [0.2, 0.25) is 0 Å². The predicted octanol–water partition coefficient (Wildman–Crippen LogP) is 2.12. The van der Waals surface area contributed by atoms with Crippen molar-refractivity contribution in [3.8, 4) is 0 Å². The summed E-state index contributed by atoms with van der Waals surface area (Å²) in [5, 5.41) is 0. The predicted molar refractivity (Wildman–Crippen MR) is 97.6 cm³/mol. The van der Waals surface area contributed by atoms with E-state index in [1.54, 1.807) is 38.4 Å². The van der Waals surface area contributed by atoms with Gasteiger partial charge in [-0.15, -0.1) is 0 Å². The molecule has 1 heterocycles. The Balaban J connectivity index is 1.77. The highest BCUT2D eigenvalue weighted by Gasteiger charge is 2.36. The average molecular weight is 366 g/mol. The van der Waals surface area contributed by atoms with Gasteiger partial charge in [0.15, 0.2) is 6.10 Å². The minimum atomic E-state index is -0.914. The minimum absolute atomic E-state index is 0.216. The average Bonchev–Trinajstić information content (AvgIpc) is 2.92. The molecule has 0 fully saturated rings. The highest BCUT2D eigenvalue weighted by atomic mass is 16.5. The monoisotopic (exact) mass is 366 g/mol. The summed E-state index contributed by atoms with van der Waals surface area (Å²) in [4.78, 5) is 51.3. The van der Waals surface area contributed by atoms with Gasteiger partial charge in [-0.2, -0.15) is 0 Å². The van der Waals surface area contributed by atoms with E-state index in [2.05, 4.69) is 0 Å². The lowest BCUT2D eigenvalue weighted by molar-refractivity contribution is -0.137. The van der Waals surface area contributed by atoms with Crippen LogP contribution in [-0.4, -0.2) is 48.8 Å². The Morgan fingerprint density at radius 1 is 0.926 bits per heavy atom. The topological polar surface area (TPSA) is 84.0 Å². The molecule has 0 N–H and O–H groups in total. The van der Waals surface area contributed by atoms with Crippen LogP contribution in [0.25, 0.3) is 0 Å². The van der Waals surface area contributed by atoms with Crippen molar-refractivity contribution in [2.75, 3.05) is 19.0 Å². The van der Waals surface area contributed by atoms with Crippen LogP contribution >= 0.6 is 0 Å². The summed E-state index contributed by atoms with van der Waals surface area (Å²) in [6.45, 7) is 1.49. The third-order valence-electron chi connectivity index (χ3n) is 4.23.